The number of aryl methyl sites for hydroxylation is 1. The Hall–Kier alpha value is -1.23. The van der Waals surface area contributed by atoms with E-state index in [1.807, 2.05) is 32.0 Å². The maximum Gasteiger partial charge on any atom is 0.145 e. The van der Waals surface area contributed by atoms with E-state index in [2.05, 4.69) is 21.1 Å². The highest BCUT2D eigenvalue weighted by Gasteiger charge is 2.09. The molecule has 3 N–H and O–H groups in total. The van der Waals surface area contributed by atoms with Gasteiger partial charge in [-0.25, -0.2) is 0 Å². The minimum absolute atomic E-state index is 0.127. The zero-order valence-corrected chi connectivity index (χ0v) is 10.9. The molecular weight excluding hydrogens is 272 g/mol. The summed E-state index contributed by atoms with van der Waals surface area (Å²) in [5.74, 6) is 0.796. The van der Waals surface area contributed by atoms with Crippen molar-refractivity contribution in [2.24, 2.45) is 16.8 Å². The molecule has 0 aliphatic carbocycles. The van der Waals surface area contributed by atoms with Gasteiger partial charge in [-0.2, -0.15) is 0 Å². The van der Waals surface area contributed by atoms with Gasteiger partial charge in [-0.05, 0) is 40.5 Å². The predicted molar refractivity (Wildman–Crippen MR) is 66.9 cm³/mol. The molecule has 1 rings (SSSR count). The highest BCUT2D eigenvalue weighted by atomic mass is 79.9. The number of nitrogens with two attached hydrogens (primary N) is 1. The highest BCUT2D eigenvalue weighted by Crippen LogP contribution is 2.26. The summed E-state index contributed by atoms with van der Waals surface area (Å²) in [5, 5.41) is 11.4. The van der Waals surface area contributed by atoms with E-state index >= 15 is 0 Å². The van der Waals surface area contributed by atoms with Crippen LogP contribution in [0.15, 0.2) is 27.8 Å². The molecule has 16 heavy (non-hydrogen) atoms. The monoisotopic (exact) mass is 286 g/mol. The van der Waals surface area contributed by atoms with Gasteiger partial charge in [0, 0.05) is 0 Å². The van der Waals surface area contributed by atoms with Gasteiger partial charge in [0.1, 0.15) is 11.6 Å². The van der Waals surface area contributed by atoms with E-state index in [1.54, 1.807) is 0 Å². The second kappa shape index (κ2) is 5.75. The van der Waals surface area contributed by atoms with Gasteiger partial charge in [-0.3, -0.25) is 0 Å². The topological polar surface area (TPSA) is 67.8 Å². The fraction of sp³-hybridized carbons (Fsp3) is 0.364. The number of benzene rings is 1. The lowest BCUT2D eigenvalue weighted by atomic mass is 10.2. The average molecular weight is 287 g/mol. The van der Waals surface area contributed by atoms with Gasteiger partial charge in [0.25, 0.3) is 0 Å². The molecule has 1 aromatic carbocycles. The van der Waals surface area contributed by atoms with E-state index in [4.69, 9.17) is 15.7 Å². The van der Waals surface area contributed by atoms with Crippen LogP contribution in [-0.2, 0) is 0 Å². The number of oxime groups is 1. The Labute approximate surface area is 103 Å². The molecule has 0 aliphatic rings. The molecule has 88 valence electrons. The number of halogens is 1. The fourth-order valence-corrected chi connectivity index (χ4v) is 1.73. The number of hydrogen-bond donors (Lipinski definition) is 2. The van der Waals surface area contributed by atoms with Crippen molar-refractivity contribution in [3.05, 3.63) is 28.2 Å². The second-order valence-corrected chi connectivity index (χ2v) is 4.53. The molecular formula is C11H15BrN2O2. The van der Waals surface area contributed by atoms with Crippen LogP contribution >= 0.6 is 15.9 Å². The van der Waals surface area contributed by atoms with E-state index in [9.17, 15) is 0 Å². The quantitative estimate of drug-likeness (QED) is 0.387. The van der Waals surface area contributed by atoms with Crippen LogP contribution in [0.25, 0.3) is 0 Å². The van der Waals surface area contributed by atoms with E-state index in [0.29, 0.717) is 6.61 Å². The standard InChI is InChI=1S/C11H15BrN2O2/c1-7-3-4-10(9(12)5-7)16-6-8(2)11(13)14-15/h3-5,8,15H,6H2,1-2H3,(H2,13,14). The Morgan fingerprint density at radius 2 is 2.31 bits per heavy atom. The summed E-state index contributed by atoms with van der Waals surface area (Å²) in [4.78, 5) is 0. The second-order valence-electron chi connectivity index (χ2n) is 3.67. The van der Waals surface area contributed by atoms with Gasteiger partial charge < -0.3 is 15.7 Å². The molecule has 0 aliphatic heterocycles. The summed E-state index contributed by atoms with van der Waals surface area (Å²) in [5.41, 5.74) is 6.61. The maximum absolute atomic E-state index is 8.49. The van der Waals surface area contributed by atoms with Crippen molar-refractivity contribution in [3.8, 4) is 5.75 Å². The molecule has 1 aromatic rings. The van der Waals surface area contributed by atoms with Crippen LogP contribution in [0.2, 0.25) is 0 Å². The first-order valence-corrected chi connectivity index (χ1v) is 5.70. The predicted octanol–water partition coefficient (Wildman–Crippen LogP) is 2.52. The summed E-state index contributed by atoms with van der Waals surface area (Å²) in [6.07, 6.45) is 0. The van der Waals surface area contributed by atoms with Crippen molar-refractivity contribution in [2.75, 3.05) is 6.61 Å². The van der Waals surface area contributed by atoms with Crippen LogP contribution in [0.4, 0.5) is 0 Å². The molecule has 0 spiro atoms. The minimum Gasteiger partial charge on any atom is -0.492 e. The van der Waals surface area contributed by atoms with E-state index in [1.165, 1.54) is 0 Å². The molecule has 0 saturated carbocycles. The molecule has 0 radical (unpaired) electrons. The molecule has 0 amide bonds. The number of hydrogen-bond acceptors (Lipinski definition) is 3. The van der Waals surface area contributed by atoms with Gasteiger partial charge in [0.15, 0.2) is 0 Å². The molecule has 0 fully saturated rings. The zero-order chi connectivity index (χ0) is 12.1. The Bertz CT molecular complexity index is 394. The Morgan fingerprint density at radius 3 is 2.88 bits per heavy atom. The summed E-state index contributed by atoms with van der Waals surface area (Å²) >= 11 is 3.42. The summed E-state index contributed by atoms with van der Waals surface area (Å²) < 4.78 is 6.46. The van der Waals surface area contributed by atoms with E-state index in [0.717, 1.165) is 15.8 Å². The van der Waals surface area contributed by atoms with Crippen LogP contribution < -0.4 is 10.5 Å². The van der Waals surface area contributed by atoms with Crippen LogP contribution in [0, 0.1) is 12.8 Å². The third-order valence-electron chi connectivity index (χ3n) is 2.20. The maximum atomic E-state index is 8.49. The van der Waals surface area contributed by atoms with Crippen molar-refractivity contribution < 1.29 is 9.94 Å². The van der Waals surface area contributed by atoms with E-state index < -0.39 is 0 Å². The highest BCUT2D eigenvalue weighted by molar-refractivity contribution is 9.10. The number of ether oxygens (including phenoxy) is 1. The first kappa shape index (κ1) is 12.8. The lowest BCUT2D eigenvalue weighted by molar-refractivity contribution is 0.278. The van der Waals surface area contributed by atoms with Crippen LogP contribution in [0.3, 0.4) is 0 Å². The zero-order valence-electron chi connectivity index (χ0n) is 9.27. The van der Waals surface area contributed by atoms with Gasteiger partial charge in [-0.1, -0.05) is 18.1 Å². The minimum atomic E-state index is -0.127. The van der Waals surface area contributed by atoms with Crippen LogP contribution in [-0.4, -0.2) is 17.6 Å². The third kappa shape index (κ3) is 3.41. The fourth-order valence-electron chi connectivity index (χ4n) is 1.12. The first-order chi connectivity index (χ1) is 7.54. The Kier molecular flexibility index (Phi) is 4.61. The SMILES string of the molecule is Cc1ccc(OCC(C)/C(N)=N/O)c(Br)c1. The molecule has 0 bridgehead atoms. The van der Waals surface area contributed by atoms with Crippen molar-refractivity contribution >= 4 is 21.8 Å². The van der Waals surface area contributed by atoms with Crippen molar-refractivity contribution in [1.82, 2.24) is 0 Å². The Morgan fingerprint density at radius 1 is 1.62 bits per heavy atom. The molecule has 1 atom stereocenters. The molecule has 1 unspecified atom stereocenters. The molecule has 5 heteroatoms. The molecule has 0 heterocycles. The lowest BCUT2D eigenvalue weighted by Crippen LogP contribution is -2.26. The number of nitrogens with zero attached hydrogens (tertiary/aromatic N) is 1. The van der Waals surface area contributed by atoms with Gasteiger partial charge in [0.2, 0.25) is 0 Å². The van der Waals surface area contributed by atoms with Crippen molar-refractivity contribution in [2.45, 2.75) is 13.8 Å². The molecule has 0 saturated heterocycles. The largest absolute Gasteiger partial charge is 0.492 e. The lowest BCUT2D eigenvalue weighted by Gasteiger charge is -2.13. The normalized spacial score (nSPS) is 13.6. The summed E-state index contributed by atoms with van der Waals surface area (Å²) in [6, 6.07) is 5.83. The summed E-state index contributed by atoms with van der Waals surface area (Å²) in [7, 11) is 0. The van der Waals surface area contributed by atoms with Crippen molar-refractivity contribution in [1.29, 1.82) is 0 Å². The number of amidine groups is 1. The average Bonchev–Trinajstić information content (AvgIpc) is 2.26. The van der Waals surface area contributed by atoms with E-state index in [-0.39, 0.29) is 11.8 Å². The smallest absolute Gasteiger partial charge is 0.145 e. The molecule has 0 aromatic heterocycles. The van der Waals surface area contributed by atoms with Gasteiger partial charge in [-0.15, -0.1) is 0 Å². The summed E-state index contributed by atoms with van der Waals surface area (Å²) in [6.45, 7) is 4.21. The van der Waals surface area contributed by atoms with Gasteiger partial charge in [0.05, 0.1) is 17.0 Å². The van der Waals surface area contributed by atoms with Crippen LogP contribution in [0.5, 0.6) is 5.75 Å². The first-order valence-electron chi connectivity index (χ1n) is 4.91. The van der Waals surface area contributed by atoms with Crippen molar-refractivity contribution in [3.63, 3.8) is 0 Å². The van der Waals surface area contributed by atoms with Crippen LogP contribution in [0.1, 0.15) is 12.5 Å². The number of rotatable bonds is 4. The van der Waals surface area contributed by atoms with Gasteiger partial charge >= 0.3 is 0 Å². The Balaban J connectivity index is 2.61. The molecule has 4 nitrogen and oxygen atoms in total. The third-order valence-corrected chi connectivity index (χ3v) is 2.82.